The van der Waals surface area contributed by atoms with Crippen LogP contribution in [0.5, 0.6) is 5.75 Å². The average Bonchev–Trinajstić information content (AvgIpc) is 2.28. The molecule has 1 amide bonds. The molecule has 0 spiro atoms. The van der Waals surface area contributed by atoms with Crippen molar-refractivity contribution in [3.63, 3.8) is 0 Å². The number of ether oxygens (including phenoxy) is 1. The van der Waals surface area contributed by atoms with Gasteiger partial charge in [0.2, 0.25) is 0 Å². The Bertz CT molecular complexity index is 439. The first-order valence-corrected chi connectivity index (χ1v) is 6.22. The number of nitrogens with one attached hydrogen (secondary N) is 1. The van der Waals surface area contributed by atoms with Gasteiger partial charge in [0.25, 0.3) is 5.91 Å². The van der Waals surface area contributed by atoms with Gasteiger partial charge in [0.15, 0.2) is 6.61 Å². The topological polar surface area (TPSA) is 58.6 Å². The summed E-state index contributed by atoms with van der Waals surface area (Å²) in [5.74, 6) is 0.617. The van der Waals surface area contributed by atoms with E-state index >= 15 is 0 Å². The van der Waals surface area contributed by atoms with Gasteiger partial charge in [0.1, 0.15) is 5.75 Å². The normalized spacial score (nSPS) is 22.2. The molecular weight excluding hydrogens is 230 g/mol. The number of hydrogen-bond acceptors (Lipinski definition) is 3. The first-order valence-electron chi connectivity index (χ1n) is 6.22. The SMILES string of the molecule is Cc1ccc(C)c(OCC(=O)NC2CC(O)C2)c1. The van der Waals surface area contributed by atoms with Crippen LogP contribution in [0.15, 0.2) is 18.2 Å². The van der Waals surface area contributed by atoms with Gasteiger partial charge in [-0.05, 0) is 43.9 Å². The van der Waals surface area contributed by atoms with Crippen LogP contribution in [0.3, 0.4) is 0 Å². The molecule has 4 nitrogen and oxygen atoms in total. The lowest BCUT2D eigenvalue weighted by molar-refractivity contribution is -0.125. The van der Waals surface area contributed by atoms with Gasteiger partial charge in [0.05, 0.1) is 6.10 Å². The monoisotopic (exact) mass is 249 g/mol. The molecule has 0 aromatic heterocycles. The van der Waals surface area contributed by atoms with Crippen molar-refractivity contribution in [1.29, 1.82) is 0 Å². The minimum atomic E-state index is -0.254. The lowest BCUT2D eigenvalue weighted by atomic mass is 9.89. The number of carbonyl (C=O) groups excluding carboxylic acids is 1. The van der Waals surface area contributed by atoms with Gasteiger partial charge in [-0.25, -0.2) is 0 Å². The molecule has 1 fully saturated rings. The second-order valence-electron chi connectivity index (χ2n) is 4.95. The molecule has 1 saturated carbocycles. The number of hydrogen-bond donors (Lipinski definition) is 2. The zero-order valence-corrected chi connectivity index (χ0v) is 10.8. The quantitative estimate of drug-likeness (QED) is 0.846. The molecule has 18 heavy (non-hydrogen) atoms. The van der Waals surface area contributed by atoms with E-state index in [0.717, 1.165) is 16.9 Å². The molecule has 1 aliphatic carbocycles. The molecule has 1 aromatic carbocycles. The molecule has 0 aliphatic heterocycles. The molecule has 4 heteroatoms. The standard InChI is InChI=1S/C14H19NO3/c1-9-3-4-10(2)13(5-9)18-8-14(17)15-11-6-12(16)7-11/h3-5,11-12,16H,6-8H2,1-2H3,(H,15,17). The second kappa shape index (κ2) is 5.40. The van der Waals surface area contributed by atoms with E-state index < -0.39 is 0 Å². The molecule has 0 atom stereocenters. The molecular formula is C14H19NO3. The Labute approximate surface area is 107 Å². The number of rotatable bonds is 4. The summed E-state index contributed by atoms with van der Waals surface area (Å²) >= 11 is 0. The van der Waals surface area contributed by atoms with E-state index in [0.29, 0.717) is 12.8 Å². The van der Waals surface area contributed by atoms with Crippen LogP contribution >= 0.6 is 0 Å². The summed E-state index contributed by atoms with van der Waals surface area (Å²) in [6, 6.07) is 6.02. The molecule has 1 aliphatic rings. The third-order valence-electron chi connectivity index (χ3n) is 3.18. The zero-order chi connectivity index (χ0) is 13.1. The van der Waals surface area contributed by atoms with Crippen LogP contribution in [0.4, 0.5) is 0 Å². The highest BCUT2D eigenvalue weighted by Crippen LogP contribution is 2.20. The van der Waals surface area contributed by atoms with Gasteiger partial charge < -0.3 is 15.2 Å². The molecule has 2 N–H and O–H groups in total. The Balaban J connectivity index is 1.80. The maximum atomic E-state index is 11.6. The summed E-state index contributed by atoms with van der Waals surface area (Å²) in [6.45, 7) is 3.97. The number of amides is 1. The first kappa shape index (κ1) is 12.9. The van der Waals surface area contributed by atoms with Gasteiger partial charge in [-0.3, -0.25) is 4.79 Å². The van der Waals surface area contributed by atoms with Gasteiger partial charge in [-0.15, -0.1) is 0 Å². The van der Waals surface area contributed by atoms with Crippen LogP contribution in [0.2, 0.25) is 0 Å². The van der Waals surface area contributed by atoms with Crippen molar-refractivity contribution >= 4 is 5.91 Å². The Hall–Kier alpha value is -1.55. The predicted octanol–water partition coefficient (Wildman–Crippen LogP) is 1.32. The molecule has 0 radical (unpaired) electrons. The van der Waals surface area contributed by atoms with Crippen molar-refractivity contribution in [3.8, 4) is 5.75 Å². The van der Waals surface area contributed by atoms with E-state index in [1.165, 1.54) is 0 Å². The highest BCUT2D eigenvalue weighted by molar-refractivity contribution is 5.78. The molecule has 0 saturated heterocycles. The van der Waals surface area contributed by atoms with Crippen molar-refractivity contribution in [2.75, 3.05) is 6.61 Å². The van der Waals surface area contributed by atoms with Gasteiger partial charge in [0, 0.05) is 6.04 Å². The van der Waals surface area contributed by atoms with Crippen molar-refractivity contribution in [2.45, 2.75) is 38.8 Å². The summed E-state index contributed by atoms with van der Waals surface area (Å²) < 4.78 is 5.50. The van der Waals surface area contributed by atoms with Crippen molar-refractivity contribution in [3.05, 3.63) is 29.3 Å². The predicted molar refractivity (Wildman–Crippen MR) is 68.6 cm³/mol. The van der Waals surface area contributed by atoms with Crippen LogP contribution in [0.25, 0.3) is 0 Å². The number of carbonyl (C=O) groups is 1. The first-order chi connectivity index (χ1) is 8.54. The summed E-state index contributed by atoms with van der Waals surface area (Å²) in [7, 11) is 0. The zero-order valence-electron chi connectivity index (χ0n) is 10.8. The van der Waals surface area contributed by atoms with Crippen molar-refractivity contribution < 1.29 is 14.6 Å². The smallest absolute Gasteiger partial charge is 0.258 e. The lowest BCUT2D eigenvalue weighted by Crippen LogP contribution is -2.48. The summed E-state index contributed by atoms with van der Waals surface area (Å²) in [4.78, 5) is 11.6. The Morgan fingerprint density at radius 3 is 2.83 bits per heavy atom. The van der Waals surface area contributed by atoms with E-state index in [1.807, 2.05) is 32.0 Å². The second-order valence-corrected chi connectivity index (χ2v) is 4.95. The fraction of sp³-hybridized carbons (Fsp3) is 0.500. The van der Waals surface area contributed by atoms with E-state index in [1.54, 1.807) is 0 Å². The number of benzene rings is 1. The minimum absolute atomic E-state index is 0.0247. The molecule has 0 unspecified atom stereocenters. The van der Waals surface area contributed by atoms with Crippen molar-refractivity contribution in [2.24, 2.45) is 0 Å². The maximum absolute atomic E-state index is 11.6. The van der Waals surface area contributed by atoms with E-state index in [-0.39, 0.29) is 24.7 Å². The van der Waals surface area contributed by atoms with Crippen LogP contribution in [0.1, 0.15) is 24.0 Å². The third-order valence-corrected chi connectivity index (χ3v) is 3.18. The summed E-state index contributed by atoms with van der Waals surface area (Å²) in [5.41, 5.74) is 2.13. The molecule has 0 heterocycles. The van der Waals surface area contributed by atoms with Gasteiger partial charge >= 0.3 is 0 Å². The Morgan fingerprint density at radius 2 is 2.17 bits per heavy atom. The number of aryl methyl sites for hydroxylation is 2. The highest BCUT2D eigenvalue weighted by Gasteiger charge is 2.28. The van der Waals surface area contributed by atoms with E-state index in [9.17, 15) is 4.79 Å². The number of aliphatic hydroxyl groups is 1. The van der Waals surface area contributed by atoms with Crippen LogP contribution in [0, 0.1) is 13.8 Å². The molecule has 2 rings (SSSR count). The third kappa shape index (κ3) is 3.23. The molecule has 1 aromatic rings. The maximum Gasteiger partial charge on any atom is 0.258 e. The minimum Gasteiger partial charge on any atom is -0.483 e. The lowest BCUT2D eigenvalue weighted by Gasteiger charge is -2.31. The van der Waals surface area contributed by atoms with Crippen molar-refractivity contribution in [1.82, 2.24) is 5.32 Å². The summed E-state index contributed by atoms with van der Waals surface area (Å²) in [5, 5.41) is 12.0. The largest absolute Gasteiger partial charge is 0.483 e. The summed E-state index contributed by atoms with van der Waals surface area (Å²) in [6.07, 6.45) is 1.04. The fourth-order valence-electron chi connectivity index (χ4n) is 1.98. The van der Waals surface area contributed by atoms with E-state index in [4.69, 9.17) is 9.84 Å². The Kier molecular flexibility index (Phi) is 3.87. The van der Waals surface area contributed by atoms with Gasteiger partial charge in [-0.1, -0.05) is 12.1 Å². The van der Waals surface area contributed by atoms with Crippen LogP contribution < -0.4 is 10.1 Å². The molecule has 98 valence electrons. The van der Waals surface area contributed by atoms with Crippen LogP contribution in [-0.2, 0) is 4.79 Å². The molecule has 0 bridgehead atoms. The van der Waals surface area contributed by atoms with Crippen LogP contribution in [-0.4, -0.2) is 29.8 Å². The highest BCUT2D eigenvalue weighted by atomic mass is 16.5. The number of aliphatic hydroxyl groups excluding tert-OH is 1. The average molecular weight is 249 g/mol. The van der Waals surface area contributed by atoms with Gasteiger partial charge in [-0.2, -0.15) is 0 Å². The fourth-order valence-corrected chi connectivity index (χ4v) is 1.98. The van der Waals surface area contributed by atoms with E-state index in [2.05, 4.69) is 5.32 Å². The Morgan fingerprint density at radius 1 is 1.44 bits per heavy atom.